The summed E-state index contributed by atoms with van der Waals surface area (Å²) >= 11 is 0. The van der Waals surface area contributed by atoms with Crippen molar-refractivity contribution in [2.24, 2.45) is 11.7 Å². The maximum Gasteiger partial charge on any atom is 0.220 e. The molecule has 0 aliphatic carbocycles. The molecule has 0 bridgehead atoms. The van der Waals surface area contributed by atoms with Gasteiger partial charge in [-0.2, -0.15) is 0 Å². The van der Waals surface area contributed by atoms with Crippen molar-refractivity contribution in [3.8, 4) is 0 Å². The second-order valence-electron chi connectivity index (χ2n) is 4.06. The van der Waals surface area contributed by atoms with Gasteiger partial charge in [0, 0.05) is 12.8 Å². The number of nitrogens with two attached hydrogens (primary N) is 1. The van der Waals surface area contributed by atoms with E-state index in [0.717, 1.165) is 18.6 Å². The molecule has 3 N–H and O–H groups in total. The number of hydrogen-bond donors (Lipinski definition) is 2. The maximum atomic E-state index is 11.6. The van der Waals surface area contributed by atoms with Crippen LogP contribution < -0.4 is 11.1 Å². The molecule has 0 spiro atoms. The van der Waals surface area contributed by atoms with Gasteiger partial charge >= 0.3 is 0 Å². The standard InChI is InChI=1S/C12H21N3O2/c1-3-9(6-13)5-11(16)14-8-12-15-7-10(4-2)17-12/h7,9H,3-6,8,13H2,1-2H3,(H,14,16). The van der Waals surface area contributed by atoms with Crippen molar-refractivity contribution in [1.29, 1.82) is 0 Å². The van der Waals surface area contributed by atoms with Gasteiger partial charge in [-0.1, -0.05) is 20.3 Å². The highest BCUT2D eigenvalue weighted by Gasteiger charge is 2.11. The van der Waals surface area contributed by atoms with Crippen molar-refractivity contribution in [3.63, 3.8) is 0 Å². The van der Waals surface area contributed by atoms with Crippen LogP contribution in [0.15, 0.2) is 10.6 Å². The first-order valence-corrected chi connectivity index (χ1v) is 6.09. The van der Waals surface area contributed by atoms with Crippen molar-refractivity contribution in [3.05, 3.63) is 17.8 Å². The van der Waals surface area contributed by atoms with Crippen molar-refractivity contribution in [2.45, 2.75) is 39.7 Å². The third-order valence-corrected chi connectivity index (χ3v) is 2.77. The van der Waals surface area contributed by atoms with Crippen LogP contribution in [0.1, 0.15) is 38.3 Å². The molecule has 0 radical (unpaired) electrons. The fourth-order valence-corrected chi connectivity index (χ4v) is 1.50. The van der Waals surface area contributed by atoms with E-state index in [0.29, 0.717) is 25.4 Å². The molecule has 96 valence electrons. The average molecular weight is 239 g/mol. The highest BCUT2D eigenvalue weighted by Crippen LogP contribution is 2.07. The molecule has 0 fully saturated rings. The lowest BCUT2D eigenvalue weighted by atomic mass is 10.0. The lowest BCUT2D eigenvalue weighted by Crippen LogP contribution is -2.27. The predicted octanol–water partition coefficient (Wildman–Crippen LogP) is 1.23. The van der Waals surface area contributed by atoms with Crippen molar-refractivity contribution in [2.75, 3.05) is 6.54 Å². The number of aryl methyl sites for hydroxylation is 1. The molecule has 1 atom stereocenters. The van der Waals surface area contributed by atoms with Gasteiger partial charge in [0.1, 0.15) is 5.76 Å². The normalized spacial score (nSPS) is 12.4. The van der Waals surface area contributed by atoms with Crippen LogP contribution in [-0.2, 0) is 17.8 Å². The van der Waals surface area contributed by atoms with E-state index in [9.17, 15) is 4.79 Å². The number of rotatable bonds is 7. The lowest BCUT2D eigenvalue weighted by molar-refractivity contribution is -0.122. The van der Waals surface area contributed by atoms with Crippen LogP contribution in [0.2, 0.25) is 0 Å². The zero-order chi connectivity index (χ0) is 12.7. The molecule has 1 rings (SSSR count). The molecule has 0 saturated heterocycles. The summed E-state index contributed by atoms with van der Waals surface area (Å²) in [4.78, 5) is 15.7. The van der Waals surface area contributed by atoms with Gasteiger partial charge in [-0.05, 0) is 12.5 Å². The van der Waals surface area contributed by atoms with E-state index in [1.807, 2.05) is 13.8 Å². The molecule has 5 nitrogen and oxygen atoms in total. The number of hydrogen-bond acceptors (Lipinski definition) is 4. The summed E-state index contributed by atoms with van der Waals surface area (Å²) in [5.41, 5.74) is 5.55. The molecular formula is C12H21N3O2. The van der Waals surface area contributed by atoms with Crippen LogP contribution in [0.25, 0.3) is 0 Å². The zero-order valence-corrected chi connectivity index (χ0v) is 10.5. The van der Waals surface area contributed by atoms with Crippen LogP contribution in [0.4, 0.5) is 0 Å². The van der Waals surface area contributed by atoms with E-state index in [2.05, 4.69) is 10.3 Å². The van der Waals surface area contributed by atoms with Crippen molar-refractivity contribution in [1.82, 2.24) is 10.3 Å². The Morgan fingerprint density at radius 2 is 2.35 bits per heavy atom. The minimum absolute atomic E-state index is 0.00134. The van der Waals surface area contributed by atoms with Crippen LogP contribution in [0, 0.1) is 5.92 Å². The summed E-state index contributed by atoms with van der Waals surface area (Å²) in [5, 5.41) is 2.78. The second-order valence-corrected chi connectivity index (χ2v) is 4.06. The van der Waals surface area contributed by atoms with Gasteiger partial charge in [-0.25, -0.2) is 4.98 Å². The number of oxazole rings is 1. The minimum Gasteiger partial charge on any atom is -0.444 e. The Labute approximate surface area is 102 Å². The molecule has 17 heavy (non-hydrogen) atoms. The van der Waals surface area contributed by atoms with Gasteiger partial charge in [0.15, 0.2) is 0 Å². The third kappa shape index (κ3) is 4.56. The quantitative estimate of drug-likeness (QED) is 0.749. The molecule has 0 saturated carbocycles. The summed E-state index contributed by atoms with van der Waals surface area (Å²) in [6.45, 7) is 4.92. The van der Waals surface area contributed by atoms with E-state index in [-0.39, 0.29) is 11.8 Å². The van der Waals surface area contributed by atoms with Gasteiger partial charge in [0.2, 0.25) is 11.8 Å². The van der Waals surface area contributed by atoms with E-state index in [4.69, 9.17) is 10.2 Å². The first kappa shape index (κ1) is 13.7. The van der Waals surface area contributed by atoms with Crippen LogP contribution in [-0.4, -0.2) is 17.4 Å². The molecule has 1 aromatic heterocycles. The zero-order valence-electron chi connectivity index (χ0n) is 10.5. The Kier molecular flexibility index (Phi) is 5.69. The lowest BCUT2D eigenvalue weighted by Gasteiger charge is -2.10. The smallest absolute Gasteiger partial charge is 0.220 e. The van der Waals surface area contributed by atoms with Crippen LogP contribution in [0.3, 0.4) is 0 Å². The first-order valence-electron chi connectivity index (χ1n) is 6.09. The molecule has 1 aromatic rings. The summed E-state index contributed by atoms with van der Waals surface area (Å²) in [5.74, 6) is 1.64. The van der Waals surface area contributed by atoms with Gasteiger partial charge in [-0.3, -0.25) is 4.79 Å². The Bertz CT molecular complexity index is 345. The van der Waals surface area contributed by atoms with Crippen LogP contribution >= 0.6 is 0 Å². The molecule has 0 aliphatic rings. The van der Waals surface area contributed by atoms with E-state index < -0.39 is 0 Å². The molecule has 1 amide bonds. The van der Waals surface area contributed by atoms with E-state index >= 15 is 0 Å². The van der Waals surface area contributed by atoms with Gasteiger partial charge < -0.3 is 15.5 Å². The summed E-state index contributed by atoms with van der Waals surface area (Å²) in [6.07, 6.45) is 3.89. The minimum atomic E-state index is -0.00134. The van der Waals surface area contributed by atoms with Crippen molar-refractivity contribution < 1.29 is 9.21 Å². The number of aromatic nitrogens is 1. The first-order chi connectivity index (χ1) is 8.19. The molecular weight excluding hydrogens is 218 g/mol. The Morgan fingerprint density at radius 1 is 1.59 bits per heavy atom. The largest absolute Gasteiger partial charge is 0.444 e. The Morgan fingerprint density at radius 3 is 2.88 bits per heavy atom. The van der Waals surface area contributed by atoms with Gasteiger partial charge in [-0.15, -0.1) is 0 Å². The number of nitrogens with one attached hydrogen (secondary N) is 1. The Balaban J connectivity index is 2.32. The Hall–Kier alpha value is -1.36. The molecule has 0 aromatic carbocycles. The average Bonchev–Trinajstić information content (AvgIpc) is 2.81. The SMILES string of the molecule is CCc1cnc(CNC(=O)CC(CC)CN)o1. The summed E-state index contributed by atoms with van der Waals surface area (Å²) < 4.78 is 5.39. The molecule has 1 unspecified atom stereocenters. The summed E-state index contributed by atoms with van der Waals surface area (Å²) in [7, 11) is 0. The third-order valence-electron chi connectivity index (χ3n) is 2.77. The van der Waals surface area contributed by atoms with Crippen molar-refractivity contribution >= 4 is 5.91 Å². The summed E-state index contributed by atoms with van der Waals surface area (Å²) in [6, 6.07) is 0. The number of amides is 1. The topological polar surface area (TPSA) is 81.2 Å². The molecule has 1 heterocycles. The monoisotopic (exact) mass is 239 g/mol. The van der Waals surface area contributed by atoms with E-state index in [1.165, 1.54) is 0 Å². The molecule has 5 heteroatoms. The molecule has 0 aliphatic heterocycles. The highest BCUT2D eigenvalue weighted by atomic mass is 16.4. The number of carbonyl (C=O) groups is 1. The maximum absolute atomic E-state index is 11.6. The number of nitrogens with zero attached hydrogens (tertiary/aromatic N) is 1. The highest BCUT2D eigenvalue weighted by molar-refractivity contribution is 5.76. The fourth-order valence-electron chi connectivity index (χ4n) is 1.50. The van der Waals surface area contributed by atoms with Crippen LogP contribution in [0.5, 0.6) is 0 Å². The van der Waals surface area contributed by atoms with Gasteiger partial charge in [0.05, 0.1) is 12.7 Å². The van der Waals surface area contributed by atoms with Gasteiger partial charge in [0.25, 0.3) is 0 Å². The fraction of sp³-hybridized carbons (Fsp3) is 0.667. The number of carbonyl (C=O) groups excluding carboxylic acids is 1. The predicted molar refractivity (Wildman–Crippen MR) is 65.2 cm³/mol. The second kappa shape index (κ2) is 7.06. The van der Waals surface area contributed by atoms with E-state index in [1.54, 1.807) is 6.20 Å².